The molecule has 1 aliphatic heterocycles. The molecule has 0 amide bonds. The Balaban J connectivity index is 1.85. The molecule has 1 aliphatic carbocycles. The number of alkyl halides is 1. The summed E-state index contributed by atoms with van der Waals surface area (Å²) in [6.07, 6.45) is 2.45. The Morgan fingerprint density at radius 3 is 2.68 bits per heavy atom. The van der Waals surface area contributed by atoms with Crippen LogP contribution >= 0.6 is 0 Å². The average Bonchev–Trinajstić information content (AvgIpc) is 3.02. The molecule has 3 aromatic rings. The van der Waals surface area contributed by atoms with Crippen LogP contribution in [-0.4, -0.2) is 42.5 Å². The lowest BCUT2D eigenvalue weighted by Crippen LogP contribution is -2.20. The molecule has 0 radical (unpaired) electrons. The molecule has 2 atom stereocenters. The first-order valence-electron chi connectivity index (χ1n) is 10.9. The fourth-order valence-electron chi connectivity index (χ4n) is 5.34. The molecule has 0 bridgehead atoms. The lowest BCUT2D eigenvalue weighted by molar-refractivity contribution is 0.0697. The van der Waals surface area contributed by atoms with Gasteiger partial charge >= 0.3 is 5.97 Å². The third-order valence-corrected chi connectivity index (χ3v) is 6.93. The van der Waals surface area contributed by atoms with Crippen molar-refractivity contribution in [2.45, 2.75) is 44.3 Å². The van der Waals surface area contributed by atoms with Crippen molar-refractivity contribution in [3.63, 3.8) is 0 Å². The summed E-state index contributed by atoms with van der Waals surface area (Å²) in [6, 6.07) is 11.3. The van der Waals surface area contributed by atoms with E-state index in [-0.39, 0.29) is 11.5 Å². The molecular weight excluding hydrogens is 395 g/mol. The summed E-state index contributed by atoms with van der Waals surface area (Å²) in [7, 11) is 3.71. The molecule has 1 N–H and O–H groups in total. The summed E-state index contributed by atoms with van der Waals surface area (Å²) in [5.41, 5.74) is 5.27. The van der Waals surface area contributed by atoms with Crippen molar-refractivity contribution in [1.82, 2.24) is 4.57 Å². The summed E-state index contributed by atoms with van der Waals surface area (Å²) < 4.78 is 22.9. The second kappa shape index (κ2) is 7.59. The molecule has 1 aromatic heterocycles. The molecule has 5 nitrogen and oxygen atoms in total. The first kappa shape index (κ1) is 19.9. The predicted molar refractivity (Wildman–Crippen MR) is 120 cm³/mol. The summed E-state index contributed by atoms with van der Waals surface area (Å²) in [4.78, 5) is 13.9. The fourth-order valence-corrected chi connectivity index (χ4v) is 5.34. The maximum absolute atomic E-state index is 15.3. The molecule has 6 heteroatoms. The molecule has 31 heavy (non-hydrogen) atoms. The van der Waals surface area contributed by atoms with E-state index in [9.17, 15) is 9.90 Å². The molecule has 1 fully saturated rings. The third-order valence-electron chi connectivity index (χ3n) is 6.93. The Kier molecular flexibility index (Phi) is 4.88. The van der Waals surface area contributed by atoms with Crippen LogP contribution in [0.5, 0.6) is 5.75 Å². The van der Waals surface area contributed by atoms with E-state index in [0.29, 0.717) is 13.0 Å². The van der Waals surface area contributed by atoms with Crippen molar-refractivity contribution in [2.24, 2.45) is 0 Å². The monoisotopic (exact) mass is 422 g/mol. The summed E-state index contributed by atoms with van der Waals surface area (Å²) in [6.45, 7) is 1.46. The van der Waals surface area contributed by atoms with Gasteiger partial charge in [-0.25, -0.2) is 9.18 Å². The number of carboxylic acid groups (broad SMARTS) is 1. The van der Waals surface area contributed by atoms with Crippen molar-refractivity contribution in [1.29, 1.82) is 0 Å². The van der Waals surface area contributed by atoms with E-state index >= 15 is 4.39 Å². The first-order valence-corrected chi connectivity index (χ1v) is 10.9. The maximum Gasteiger partial charge on any atom is 0.335 e. The van der Waals surface area contributed by atoms with Gasteiger partial charge in [-0.15, -0.1) is 0 Å². The molecule has 2 heterocycles. The zero-order valence-corrected chi connectivity index (χ0v) is 17.9. The van der Waals surface area contributed by atoms with Gasteiger partial charge in [-0.05, 0) is 42.7 Å². The van der Waals surface area contributed by atoms with Gasteiger partial charge in [0, 0.05) is 54.3 Å². The largest absolute Gasteiger partial charge is 0.497 e. The number of anilines is 1. The third kappa shape index (κ3) is 3.16. The molecule has 2 unspecified atom stereocenters. The molecular formula is C25H27FN2O3. The SMILES string of the molecule is COc1ccc2c(c1)N(C)CCn1c-2c(C2CCCCC2F)c2ccc(C(=O)O)cc21. The number of nitrogens with zero attached hydrogens (tertiary/aromatic N) is 2. The normalized spacial score (nSPS) is 20.8. The van der Waals surface area contributed by atoms with Crippen molar-refractivity contribution >= 4 is 22.6 Å². The number of carboxylic acids is 1. The van der Waals surface area contributed by atoms with Crippen LogP contribution in [-0.2, 0) is 6.54 Å². The molecule has 162 valence electrons. The van der Waals surface area contributed by atoms with Gasteiger partial charge in [0.25, 0.3) is 0 Å². The standard InChI is InChI=1S/C25H27FN2O3/c1-27-11-12-28-22-13-15(25(29)30)7-9-18(22)23(17-5-3-4-6-20(17)26)24(28)19-10-8-16(31-2)14-21(19)27/h7-10,13-14,17,20H,3-6,11-12H2,1-2H3,(H,29,30). The van der Waals surface area contributed by atoms with Gasteiger partial charge in [-0.2, -0.15) is 0 Å². The van der Waals surface area contributed by atoms with Crippen LogP contribution in [0.2, 0.25) is 0 Å². The number of rotatable bonds is 3. The highest BCUT2D eigenvalue weighted by atomic mass is 19.1. The highest BCUT2D eigenvalue weighted by molar-refractivity contribution is 5.99. The second-order valence-corrected chi connectivity index (χ2v) is 8.66. The number of ether oxygens (including phenoxy) is 1. The second-order valence-electron chi connectivity index (χ2n) is 8.66. The number of fused-ring (bicyclic) bond motifs is 5. The highest BCUT2D eigenvalue weighted by Gasteiger charge is 2.34. The number of halogens is 1. The number of hydrogen-bond acceptors (Lipinski definition) is 3. The fraction of sp³-hybridized carbons (Fsp3) is 0.400. The molecule has 2 aromatic carbocycles. The van der Waals surface area contributed by atoms with E-state index in [1.54, 1.807) is 19.2 Å². The van der Waals surface area contributed by atoms with Crippen LogP contribution in [0.25, 0.3) is 22.2 Å². The highest BCUT2D eigenvalue weighted by Crippen LogP contribution is 2.48. The Morgan fingerprint density at radius 1 is 1.13 bits per heavy atom. The topological polar surface area (TPSA) is 54.7 Å². The van der Waals surface area contributed by atoms with Crippen molar-refractivity contribution < 1.29 is 19.0 Å². The number of carbonyl (C=O) groups is 1. The van der Waals surface area contributed by atoms with Gasteiger partial charge in [0.2, 0.25) is 0 Å². The van der Waals surface area contributed by atoms with Crippen LogP contribution in [0.4, 0.5) is 10.1 Å². The smallest absolute Gasteiger partial charge is 0.335 e. The lowest BCUT2D eigenvalue weighted by atomic mass is 9.80. The molecule has 0 spiro atoms. The molecule has 0 saturated heterocycles. The van der Waals surface area contributed by atoms with Crippen LogP contribution < -0.4 is 9.64 Å². The summed E-state index contributed by atoms with van der Waals surface area (Å²) in [5, 5.41) is 10.5. The van der Waals surface area contributed by atoms with E-state index < -0.39 is 12.1 Å². The number of aromatic carboxylic acids is 1. The number of aromatic nitrogens is 1. The minimum absolute atomic E-state index is 0.179. The van der Waals surface area contributed by atoms with Gasteiger partial charge in [0.15, 0.2) is 0 Å². The first-order chi connectivity index (χ1) is 15.0. The van der Waals surface area contributed by atoms with E-state index in [1.807, 2.05) is 25.2 Å². The number of likely N-dealkylation sites (N-methyl/N-ethyl adjacent to an activating group) is 1. The van der Waals surface area contributed by atoms with Crippen LogP contribution in [0.15, 0.2) is 36.4 Å². The molecule has 2 aliphatic rings. The van der Waals surface area contributed by atoms with Crippen LogP contribution in [0.1, 0.15) is 47.5 Å². The Hall–Kier alpha value is -3.02. The van der Waals surface area contributed by atoms with Crippen LogP contribution in [0, 0.1) is 0 Å². The Labute approximate surface area is 181 Å². The zero-order valence-electron chi connectivity index (χ0n) is 17.9. The van der Waals surface area contributed by atoms with Gasteiger partial charge in [-0.1, -0.05) is 18.9 Å². The minimum atomic E-state index is -0.948. The van der Waals surface area contributed by atoms with Gasteiger partial charge in [0.05, 0.1) is 18.4 Å². The summed E-state index contributed by atoms with van der Waals surface area (Å²) >= 11 is 0. The van der Waals surface area contributed by atoms with Gasteiger partial charge < -0.3 is 19.3 Å². The molecule has 5 rings (SSSR count). The van der Waals surface area contributed by atoms with Gasteiger partial charge in [-0.3, -0.25) is 0 Å². The number of benzene rings is 2. The predicted octanol–water partition coefficient (Wildman–Crippen LogP) is 5.46. The Morgan fingerprint density at radius 2 is 1.94 bits per heavy atom. The van der Waals surface area contributed by atoms with E-state index in [0.717, 1.165) is 65.0 Å². The zero-order chi connectivity index (χ0) is 21.7. The van der Waals surface area contributed by atoms with E-state index in [1.165, 1.54) is 0 Å². The van der Waals surface area contributed by atoms with Crippen LogP contribution in [0.3, 0.4) is 0 Å². The van der Waals surface area contributed by atoms with E-state index in [2.05, 4.69) is 15.5 Å². The maximum atomic E-state index is 15.3. The lowest BCUT2D eigenvalue weighted by Gasteiger charge is -2.27. The Bertz CT molecular complexity index is 1170. The van der Waals surface area contributed by atoms with Crippen molar-refractivity contribution in [3.05, 3.63) is 47.5 Å². The number of methoxy groups -OCH3 is 1. The average molecular weight is 423 g/mol. The molecule has 1 saturated carbocycles. The minimum Gasteiger partial charge on any atom is -0.497 e. The quantitative estimate of drug-likeness (QED) is 0.609. The van der Waals surface area contributed by atoms with E-state index in [4.69, 9.17) is 4.74 Å². The summed E-state index contributed by atoms with van der Waals surface area (Å²) in [5.74, 6) is -0.344. The van der Waals surface area contributed by atoms with Crippen molar-refractivity contribution in [3.8, 4) is 17.0 Å². The van der Waals surface area contributed by atoms with Gasteiger partial charge in [0.1, 0.15) is 11.9 Å². The van der Waals surface area contributed by atoms with Crippen molar-refractivity contribution in [2.75, 3.05) is 25.6 Å². The number of hydrogen-bond donors (Lipinski definition) is 1.